The third-order valence-corrected chi connectivity index (χ3v) is 4.73. The molecule has 0 spiro atoms. The number of esters is 1. The summed E-state index contributed by atoms with van der Waals surface area (Å²) in [5.41, 5.74) is 1.96. The number of nitrogens with one attached hydrogen (secondary N) is 1. The first-order valence-corrected chi connectivity index (χ1v) is 8.17. The van der Waals surface area contributed by atoms with Crippen molar-refractivity contribution in [2.75, 3.05) is 0 Å². The van der Waals surface area contributed by atoms with E-state index in [2.05, 4.69) is 4.98 Å². The van der Waals surface area contributed by atoms with Crippen LogP contribution in [0.5, 0.6) is 0 Å². The highest BCUT2D eigenvalue weighted by Gasteiger charge is 2.24. The number of benzene rings is 1. The van der Waals surface area contributed by atoms with Gasteiger partial charge >= 0.3 is 5.97 Å². The van der Waals surface area contributed by atoms with Crippen LogP contribution in [0.4, 0.5) is 0 Å². The monoisotopic (exact) mass is 327 g/mol. The number of carbonyl (C=O) groups is 2. The van der Waals surface area contributed by atoms with Crippen molar-refractivity contribution in [1.82, 2.24) is 4.98 Å². The summed E-state index contributed by atoms with van der Waals surface area (Å²) in [4.78, 5) is 29.8. The molecule has 0 aliphatic heterocycles. The summed E-state index contributed by atoms with van der Waals surface area (Å²) < 4.78 is 5.37. The molecule has 0 aliphatic carbocycles. The highest BCUT2D eigenvalue weighted by atomic mass is 32.1. The van der Waals surface area contributed by atoms with E-state index in [1.807, 2.05) is 38.1 Å². The van der Waals surface area contributed by atoms with Crippen molar-refractivity contribution in [2.24, 2.45) is 0 Å². The number of rotatable bonds is 4. The zero-order chi connectivity index (χ0) is 16.6. The average molecular weight is 327 g/mol. The summed E-state index contributed by atoms with van der Waals surface area (Å²) in [6.45, 7) is 5.42. The first kappa shape index (κ1) is 15.5. The zero-order valence-electron chi connectivity index (χ0n) is 13.2. The minimum atomic E-state index is -0.832. The maximum absolute atomic E-state index is 12.6. The third kappa shape index (κ3) is 2.92. The number of ether oxygens (including phenoxy) is 1. The van der Waals surface area contributed by atoms with Crippen LogP contribution in [0.15, 0.2) is 36.5 Å². The van der Waals surface area contributed by atoms with E-state index in [9.17, 15) is 9.59 Å². The van der Waals surface area contributed by atoms with Gasteiger partial charge in [0.1, 0.15) is 0 Å². The second-order valence-electron chi connectivity index (χ2n) is 5.49. The summed E-state index contributed by atoms with van der Waals surface area (Å²) in [5.74, 6) is -0.659. The molecule has 0 aliphatic rings. The molecular formula is C18H17NO3S. The lowest BCUT2D eigenvalue weighted by Gasteiger charge is -2.11. The maximum Gasteiger partial charge on any atom is 0.339 e. The molecule has 0 unspecified atom stereocenters. The first-order valence-electron chi connectivity index (χ1n) is 7.35. The molecule has 0 fully saturated rings. The number of thiophene rings is 1. The molecular weight excluding hydrogens is 310 g/mol. The number of ketones is 1. The average Bonchev–Trinajstić information content (AvgIpc) is 3.09. The van der Waals surface area contributed by atoms with Gasteiger partial charge in [-0.3, -0.25) is 4.79 Å². The maximum atomic E-state index is 12.6. The molecule has 0 saturated heterocycles. The Labute approximate surface area is 138 Å². The van der Waals surface area contributed by atoms with Crippen molar-refractivity contribution in [3.8, 4) is 0 Å². The van der Waals surface area contributed by atoms with Gasteiger partial charge in [-0.1, -0.05) is 18.2 Å². The van der Waals surface area contributed by atoms with Gasteiger partial charge in [-0.15, -0.1) is 11.3 Å². The Bertz CT molecular complexity index is 891. The van der Waals surface area contributed by atoms with E-state index in [1.165, 1.54) is 0 Å². The molecule has 0 bridgehead atoms. The second kappa shape index (κ2) is 6.01. The van der Waals surface area contributed by atoms with Gasteiger partial charge in [-0.05, 0) is 32.9 Å². The fourth-order valence-electron chi connectivity index (χ4n) is 2.61. The van der Waals surface area contributed by atoms with Crippen LogP contribution in [0.3, 0.4) is 0 Å². The number of aryl methyl sites for hydroxylation is 2. The number of H-pyrrole nitrogens is 1. The molecule has 2 aromatic heterocycles. The zero-order valence-corrected chi connectivity index (χ0v) is 14.0. The highest BCUT2D eigenvalue weighted by Crippen LogP contribution is 2.23. The molecule has 0 saturated carbocycles. The smallest absolute Gasteiger partial charge is 0.339 e. The number of aromatic amines is 1. The highest BCUT2D eigenvalue weighted by molar-refractivity contribution is 7.12. The van der Waals surface area contributed by atoms with Crippen LogP contribution in [0, 0.1) is 13.8 Å². The second-order valence-corrected chi connectivity index (χ2v) is 6.95. The summed E-state index contributed by atoms with van der Waals surface area (Å²) in [7, 11) is 0. The largest absolute Gasteiger partial charge is 0.451 e. The molecule has 1 N–H and O–H groups in total. The lowest BCUT2D eigenvalue weighted by atomic mass is 10.1. The Balaban J connectivity index is 1.80. The van der Waals surface area contributed by atoms with Crippen LogP contribution in [0.1, 0.15) is 37.4 Å². The van der Waals surface area contributed by atoms with Crippen LogP contribution in [0.25, 0.3) is 10.9 Å². The predicted molar refractivity (Wildman–Crippen MR) is 91.3 cm³/mol. The van der Waals surface area contributed by atoms with Gasteiger partial charge in [0.15, 0.2) is 6.10 Å². The van der Waals surface area contributed by atoms with Crippen LogP contribution in [0.2, 0.25) is 0 Å². The number of hydrogen-bond acceptors (Lipinski definition) is 4. The van der Waals surface area contributed by atoms with E-state index in [1.54, 1.807) is 30.5 Å². The molecule has 0 radical (unpaired) electrons. The fourth-order valence-corrected chi connectivity index (χ4v) is 3.52. The SMILES string of the molecule is Cc1cc(C(=O)O[C@@H](C)C(=O)c2c[nH]c3ccccc23)c(C)s1. The van der Waals surface area contributed by atoms with Gasteiger partial charge in [-0.2, -0.15) is 0 Å². The Kier molecular flexibility index (Phi) is 4.05. The Morgan fingerprint density at radius 1 is 1.17 bits per heavy atom. The summed E-state index contributed by atoms with van der Waals surface area (Å²) in [6.07, 6.45) is 0.832. The molecule has 3 aromatic rings. The molecule has 0 amide bonds. The molecule has 1 aromatic carbocycles. The number of fused-ring (bicyclic) bond motifs is 1. The molecule has 118 valence electrons. The van der Waals surface area contributed by atoms with Gasteiger partial charge < -0.3 is 9.72 Å². The van der Waals surface area contributed by atoms with Crippen molar-refractivity contribution in [2.45, 2.75) is 26.9 Å². The van der Waals surface area contributed by atoms with Crippen LogP contribution < -0.4 is 0 Å². The van der Waals surface area contributed by atoms with E-state index < -0.39 is 12.1 Å². The van der Waals surface area contributed by atoms with E-state index in [4.69, 9.17) is 4.74 Å². The van der Waals surface area contributed by atoms with Gasteiger partial charge in [-0.25, -0.2) is 4.79 Å². The number of aromatic nitrogens is 1. The van der Waals surface area contributed by atoms with E-state index in [0.717, 1.165) is 20.7 Å². The van der Waals surface area contributed by atoms with Crippen LogP contribution >= 0.6 is 11.3 Å². The Morgan fingerprint density at radius 3 is 2.61 bits per heavy atom. The quantitative estimate of drug-likeness (QED) is 0.575. The number of Topliss-reactive ketones (excluding diaryl/α,β-unsaturated/α-hetero) is 1. The van der Waals surface area contributed by atoms with Crippen molar-refractivity contribution in [3.05, 3.63) is 57.4 Å². The fraction of sp³-hybridized carbons (Fsp3) is 0.222. The van der Waals surface area contributed by atoms with Gasteiger partial charge in [0.25, 0.3) is 0 Å². The van der Waals surface area contributed by atoms with Gasteiger partial charge in [0.2, 0.25) is 5.78 Å². The summed E-state index contributed by atoms with van der Waals surface area (Å²) in [6, 6.07) is 9.35. The molecule has 23 heavy (non-hydrogen) atoms. The van der Waals surface area contributed by atoms with Gasteiger partial charge in [0, 0.05) is 32.4 Å². The minimum Gasteiger partial charge on any atom is -0.451 e. The van der Waals surface area contributed by atoms with E-state index in [0.29, 0.717) is 11.1 Å². The van der Waals surface area contributed by atoms with Crippen LogP contribution in [-0.2, 0) is 4.74 Å². The Morgan fingerprint density at radius 2 is 1.91 bits per heavy atom. The van der Waals surface area contributed by atoms with Crippen molar-refractivity contribution in [3.63, 3.8) is 0 Å². The molecule has 5 heteroatoms. The standard InChI is InChI=1S/C18H17NO3S/c1-10-8-14(12(3)23-10)18(21)22-11(2)17(20)15-9-19-16-7-5-4-6-13(15)16/h4-9,11,19H,1-3H3/t11-/m0/s1. The van der Waals surface area contributed by atoms with E-state index in [-0.39, 0.29) is 5.78 Å². The first-order chi connectivity index (χ1) is 11.0. The number of hydrogen-bond donors (Lipinski definition) is 1. The topological polar surface area (TPSA) is 59.2 Å². The summed E-state index contributed by atoms with van der Waals surface area (Å²) >= 11 is 1.54. The van der Waals surface area contributed by atoms with Gasteiger partial charge in [0.05, 0.1) is 5.56 Å². The predicted octanol–water partition coefficient (Wildman–Crippen LogP) is 4.27. The van der Waals surface area contributed by atoms with Crippen molar-refractivity contribution in [1.29, 1.82) is 0 Å². The third-order valence-electron chi connectivity index (χ3n) is 3.77. The number of para-hydroxylation sites is 1. The number of carbonyl (C=O) groups excluding carboxylic acids is 2. The van der Waals surface area contributed by atoms with Crippen molar-refractivity contribution < 1.29 is 14.3 Å². The van der Waals surface area contributed by atoms with Crippen molar-refractivity contribution >= 4 is 34.0 Å². The molecule has 2 heterocycles. The lowest BCUT2D eigenvalue weighted by molar-refractivity contribution is 0.0319. The molecule has 4 nitrogen and oxygen atoms in total. The Hall–Kier alpha value is -2.40. The molecule has 1 atom stereocenters. The molecule has 3 rings (SSSR count). The normalized spacial score (nSPS) is 12.3. The van der Waals surface area contributed by atoms with Crippen LogP contribution in [-0.4, -0.2) is 22.8 Å². The minimum absolute atomic E-state index is 0.208. The lowest BCUT2D eigenvalue weighted by Crippen LogP contribution is -2.24. The van der Waals surface area contributed by atoms with E-state index >= 15 is 0 Å². The summed E-state index contributed by atoms with van der Waals surface area (Å²) in [5, 5.41) is 0.836.